The van der Waals surface area contributed by atoms with Gasteiger partial charge in [0.25, 0.3) is 5.91 Å². The first kappa shape index (κ1) is 20.4. The topological polar surface area (TPSA) is 103 Å². The number of aryl methyl sites for hydroxylation is 1. The Balaban J connectivity index is 1.44. The number of aliphatic hydroxyl groups excluding tert-OH is 1. The predicted molar refractivity (Wildman–Crippen MR) is 122 cm³/mol. The first-order valence-electron chi connectivity index (χ1n) is 10.7. The third-order valence-electron chi connectivity index (χ3n) is 5.99. The van der Waals surface area contributed by atoms with Gasteiger partial charge in [-0.1, -0.05) is 11.6 Å². The average Bonchev–Trinajstić information content (AvgIpc) is 3.23. The lowest BCUT2D eigenvalue weighted by Crippen LogP contribution is -2.49. The highest BCUT2D eigenvalue weighted by Crippen LogP contribution is 2.23. The standard InChI is InChI=1S/C24H24N4O4/c1-15-2-5-21-17(12-15)22(30)18(14-32-21)23-25-19-4-3-16(13-20(19)26-23)24(31)28-8-6-27(7-9-28)10-11-29/h2-5,12-14,29H,6-11H2,1H3,(H,25,26). The minimum atomic E-state index is -0.147. The van der Waals surface area contributed by atoms with Crippen molar-refractivity contribution in [1.29, 1.82) is 0 Å². The Morgan fingerprint density at radius 1 is 1.16 bits per heavy atom. The highest BCUT2D eigenvalue weighted by molar-refractivity contribution is 5.98. The maximum atomic E-state index is 13.0. The van der Waals surface area contributed by atoms with Crippen molar-refractivity contribution in [2.24, 2.45) is 0 Å². The number of hydrogen-bond donors (Lipinski definition) is 2. The van der Waals surface area contributed by atoms with Crippen LogP contribution < -0.4 is 5.43 Å². The molecule has 0 unspecified atom stereocenters. The van der Waals surface area contributed by atoms with Crippen molar-refractivity contribution in [3.63, 3.8) is 0 Å². The molecule has 1 amide bonds. The molecule has 0 saturated carbocycles. The summed E-state index contributed by atoms with van der Waals surface area (Å²) in [6.07, 6.45) is 1.43. The van der Waals surface area contributed by atoms with Crippen molar-refractivity contribution in [3.8, 4) is 11.4 Å². The Hall–Kier alpha value is -3.49. The summed E-state index contributed by atoms with van der Waals surface area (Å²) in [5, 5.41) is 9.59. The van der Waals surface area contributed by atoms with E-state index in [4.69, 9.17) is 9.52 Å². The van der Waals surface area contributed by atoms with E-state index in [-0.39, 0.29) is 17.9 Å². The maximum Gasteiger partial charge on any atom is 0.254 e. The normalized spacial score (nSPS) is 15.0. The second-order valence-electron chi connectivity index (χ2n) is 8.15. The number of hydrogen-bond acceptors (Lipinski definition) is 6. The lowest BCUT2D eigenvalue weighted by molar-refractivity contribution is 0.0615. The Bertz CT molecular complexity index is 1370. The van der Waals surface area contributed by atoms with Crippen molar-refractivity contribution in [2.75, 3.05) is 39.3 Å². The number of imidazole rings is 1. The van der Waals surface area contributed by atoms with Gasteiger partial charge in [0, 0.05) is 38.3 Å². The number of amides is 1. The van der Waals surface area contributed by atoms with Gasteiger partial charge in [0.15, 0.2) is 0 Å². The van der Waals surface area contributed by atoms with Crippen LogP contribution in [0.2, 0.25) is 0 Å². The molecule has 4 aromatic rings. The van der Waals surface area contributed by atoms with Gasteiger partial charge in [-0.2, -0.15) is 0 Å². The third-order valence-corrected chi connectivity index (χ3v) is 5.99. The van der Waals surface area contributed by atoms with Gasteiger partial charge in [0.1, 0.15) is 23.2 Å². The summed E-state index contributed by atoms with van der Waals surface area (Å²) >= 11 is 0. The number of aromatic nitrogens is 2. The smallest absolute Gasteiger partial charge is 0.254 e. The molecule has 2 aromatic carbocycles. The molecule has 1 aliphatic heterocycles. The molecule has 5 rings (SSSR count). The number of nitrogens with one attached hydrogen (secondary N) is 1. The molecule has 2 N–H and O–H groups in total. The van der Waals surface area contributed by atoms with Crippen LogP contribution in [0.4, 0.5) is 0 Å². The SMILES string of the molecule is Cc1ccc2occ(-c3nc4ccc(C(=O)N5CCN(CCO)CC5)cc4[nH]3)c(=O)c2c1. The summed E-state index contributed by atoms with van der Waals surface area (Å²) < 4.78 is 5.66. The van der Waals surface area contributed by atoms with Crippen LogP contribution in [0.5, 0.6) is 0 Å². The molecule has 2 aromatic heterocycles. The molecule has 0 atom stereocenters. The van der Waals surface area contributed by atoms with E-state index in [0.717, 1.165) is 18.7 Å². The fourth-order valence-corrected chi connectivity index (χ4v) is 4.18. The Morgan fingerprint density at radius 3 is 2.75 bits per heavy atom. The van der Waals surface area contributed by atoms with E-state index in [0.29, 0.717) is 58.6 Å². The molecular formula is C24H24N4O4. The van der Waals surface area contributed by atoms with E-state index in [9.17, 15) is 9.59 Å². The molecule has 1 saturated heterocycles. The number of carbonyl (C=O) groups excluding carboxylic acids is 1. The fourth-order valence-electron chi connectivity index (χ4n) is 4.18. The maximum absolute atomic E-state index is 13.0. The Labute approximate surface area is 184 Å². The molecule has 3 heterocycles. The van der Waals surface area contributed by atoms with Crippen LogP contribution in [0, 0.1) is 6.92 Å². The van der Waals surface area contributed by atoms with Crippen LogP contribution in [0.1, 0.15) is 15.9 Å². The molecule has 1 fully saturated rings. The summed E-state index contributed by atoms with van der Waals surface area (Å²) in [5.41, 5.74) is 3.66. The van der Waals surface area contributed by atoms with Crippen LogP contribution in [0.15, 0.2) is 51.9 Å². The average molecular weight is 432 g/mol. The molecule has 0 aliphatic carbocycles. The van der Waals surface area contributed by atoms with Crippen molar-refractivity contribution in [1.82, 2.24) is 19.8 Å². The number of carbonyl (C=O) groups is 1. The number of nitrogens with zero attached hydrogens (tertiary/aromatic N) is 3. The summed E-state index contributed by atoms with van der Waals surface area (Å²) in [6.45, 7) is 5.44. The monoisotopic (exact) mass is 432 g/mol. The van der Waals surface area contributed by atoms with Crippen LogP contribution in [-0.4, -0.2) is 70.1 Å². The van der Waals surface area contributed by atoms with E-state index >= 15 is 0 Å². The minimum Gasteiger partial charge on any atom is -0.463 e. The van der Waals surface area contributed by atoms with Gasteiger partial charge in [0.2, 0.25) is 5.43 Å². The number of aromatic amines is 1. The van der Waals surface area contributed by atoms with Gasteiger partial charge in [-0.05, 0) is 37.3 Å². The predicted octanol–water partition coefficient (Wildman–Crippen LogP) is 2.39. The van der Waals surface area contributed by atoms with Gasteiger partial charge >= 0.3 is 0 Å². The summed E-state index contributed by atoms with van der Waals surface area (Å²) in [4.78, 5) is 37.7. The molecule has 0 radical (unpaired) electrons. The van der Waals surface area contributed by atoms with E-state index in [2.05, 4.69) is 14.9 Å². The van der Waals surface area contributed by atoms with Crippen molar-refractivity contribution >= 4 is 27.9 Å². The largest absolute Gasteiger partial charge is 0.463 e. The first-order valence-corrected chi connectivity index (χ1v) is 10.7. The van der Waals surface area contributed by atoms with Crippen LogP contribution in [0.3, 0.4) is 0 Å². The molecule has 1 aliphatic rings. The van der Waals surface area contributed by atoms with Crippen molar-refractivity contribution in [2.45, 2.75) is 6.92 Å². The van der Waals surface area contributed by atoms with E-state index in [1.165, 1.54) is 6.26 Å². The Morgan fingerprint density at radius 2 is 1.97 bits per heavy atom. The zero-order chi connectivity index (χ0) is 22.2. The lowest BCUT2D eigenvalue weighted by atomic mass is 10.1. The van der Waals surface area contributed by atoms with Crippen molar-refractivity contribution < 1.29 is 14.3 Å². The van der Waals surface area contributed by atoms with Gasteiger partial charge < -0.3 is 19.4 Å². The number of rotatable bonds is 4. The molecule has 0 bridgehead atoms. The molecule has 164 valence electrons. The highest BCUT2D eigenvalue weighted by atomic mass is 16.3. The van der Waals surface area contributed by atoms with Crippen LogP contribution >= 0.6 is 0 Å². The van der Waals surface area contributed by atoms with E-state index in [1.54, 1.807) is 24.3 Å². The molecule has 32 heavy (non-hydrogen) atoms. The Kier molecular flexibility index (Phi) is 5.24. The van der Waals surface area contributed by atoms with Crippen LogP contribution in [-0.2, 0) is 0 Å². The number of H-pyrrole nitrogens is 1. The minimum absolute atomic E-state index is 0.0348. The highest BCUT2D eigenvalue weighted by Gasteiger charge is 2.22. The summed E-state index contributed by atoms with van der Waals surface area (Å²) in [7, 11) is 0. The fraction of sp³-hybridized carbons (Fsp3) is 0.292. The number of fused-ring (bicyclic) bond motifs is 2. The van der Waals surface area contributed by atoms with Gasteiger partial charge in [-0.3, -0.25) is 14.5 Å². The molecule has 8 heteroatoms. The number of aliphatic hydroxyl groups is 1. The molecule has 8 nitrogen and oxygen atoms in total. The summed E-state index contributed by atoms with van der Waals surface area (Å²) in [5.74, 6) is 0.381. The number of benzene rings is 2. The molecule has 0 spiro atoms. The molecular weight excluding hydrogens is 408 g/mol. The zero-order valence-corrected chi connectivity index (χ0v) is 17.8. The second kappa shape index (κ2) is 8.22. The van der Waals surface area contributed by atoms with Crippen LogP contribution in [0.25, 0.3) is 33.4 Å². The van der Waals surface area contributed by atoms with Crippen molar-refractivity contribution in [3.05, 3.63) is 64.0 Å². The van der Waals surface area contributed by atoms with Gasteiger partial charge in [-0.25, -0.2) is 4.98 Å². The number of β-amino-alcohol motifs (C(OH)–C–C–N with tert-alkyl or cyclic N) is 1. The van der Waals surface area contributed by atoms with Gasteiger partial charge in [0.05, 0.1) is 23.0 Å². The van der Waals surface area contributed by atoms with E-state index in [1.807, 2.05) is 24.0 Å². The quantitative estimate of drug-likeness (QED) is 0.513. The zero-order valence-electron chi connectivity index (χ0n) is 17.8. The summed E-state index contributed by atoms with van der Waals surface area (Å²) in [6, 6.07) is 10.8. The lowest BCUT2D eigenvalue weighted by Gasteiger charge is -2.34. The second-order valence-corrected chi connectivity index (χ2v) is 8.15. The number of piperazine rings is 1. The van der Waals surface area contributed by atoms with Gasteiger partial charge in [-0.15, -0.1) is 0 Å². The third kappa shape index (κ3) is 3.68. The first-order chi connectivity index (χ1) is 15.5. The van der Waals surface area contributed by atoms with E-state index < -0.39 is 0 Å².